The van der Waals surface area contributed by atoms with Gasteiger partial charge in [0.05, 0.1) is 12.9 Å². The highest BCUT2D eigenvalue weighted by Crippen LogP contribution is 2.32. The lowest BCUT2D eigenvalue weighted by Gasteiger charge is -2.17. The molecule has 2 fully saturated rings. The second kappa shape index (κ2) is 7.95. The first kappa shape index (κ1) is 19.0. The van der Waals surface area contributed by atoms with E-state index in [2.05, 4.69) is 25.5 Å². The molecule has 4 rings (SSSR count). The minimum atomic E-state index is -1.24. The molecule has 1 aliphatic heterocycles. The second-order valence-electron chi connectivity index (χ2n) is 7.27. The van der Waals surface area contributed by atoms with Gasteiger partial charge in [-0.25, -0.2) is 10.4 Å². The van der Waals surface area contributed by atoms with Crippen molar-refractivity contribution in [3.63, 3.8) is 0 Å². The van der Waals surface area contributed by atoms with Gasteiger partial charge in [-0.3, -0.25) is 4.57 Å². The number of fused-ring (bicyclic) bond motifs is 1. The van der Waals surface area contributed by atoms with Crippen LogP contribution in [0.1, 0.15) is 38.3 Å². The minimum absolute atomic E-state index is 0.158. The summed E-state index contributed by atoms with van der Waals surface area (Å²) >= 11 is 0. The first-order valence-electron chi connectivity index (χ1n) is 9.50. The number of hydrazone groups is 1. The molecule has 4 unspecified atom stereocenters. The standard InChI is InChI=1S/C17H25N7O4/c18-14-11-15(22-17(21-14)23-20-6-9-4-2-1-3-5-9)24(8-19-11)16-13(27)12(26)10(7-25)28-16/h6,8-10,12-13,16,25-27H,1-5,7H2,(H3,18,21,22,23). The molecule has 28 heavy (non-hydrogen) atoms. The van der Waals surface area contributed by atoms with Gasteiger partial charge in [-0.05, 0) is 18.8 Å². The zero-order chi connectivity index (χ0) is 19.7. The Balaban J connectivity index is 1.57. The van der Waals surface area contributed by atoms with E-state index in [1.807, 2.05) is 6.21 Å². The highest BCUT2D eigenvalue weighted by Gasteiger charge is 2.44. The number of ether oxygens (including phenoxy) is 1. The Bertz CT molecular complexity index is 851. The summed E-state index contributed by atoms with van der Waals surface area (Å²) in [6.45, 7) is -0.416. The van der Waals surface area contributed by atoms with E-state index in [0.29, 0.717) is 17.1 Å². The van der Waals surface area contributed by atoms with Crippen LogP contribution in [0.2, 0.25) is 0 Å². The van der Waals surface area contributed by atoms with Crippen molar-refractivity contribution < 1.29 is 20.1 Å². The zero-order valence-electron chi connectivity index (χ0n) is 15.3. The van der Waals surface area contributed by atoms with Gasteiger partial charge in [-0.2, -0.15) is 15.1 Å². The Hall–Kier alpha value is -2.34. The van der Waals surface area contributed by atoms with Crippen molar-refractivity contribution in [1.29, 1.82) is 0 Å². The zero-order valence-corrected chi connectivity index (χ0v) is 15.3. The molecule has 2 aromatic heterocycles. The van der Waals surface area contributed by atoms with Crippen LogP contribution < -0.4 is 11.2 Å². The molecule has 0 radical (unpaired) electrons. The van der Waals surface area contributed by atoms with Gasteiger partial charge >= 0.3 is 0 Å². The average Bonchev–Trinajstić information content (AvgIpc) is 3.24. The number of anilines is 2. The van der Waals surface area contributed by atoms with Crippen molar-refractivity contribution in [1.82, 2.24) is 19.5 Å². The molecule has 4 atom stereocenters. The molecule has 1 aliphatic carbocycles. The number of aliphatic hydroxyl groups is 3. The van der Waals surface area contributed by atoms with Crippen molar-refractivity contribution in [3.8, 4) is 0 Å². The number of imidazole rings is 1. The SMILES string of the molecule is Nc1nc(NN=CC2CCCCC2)nc2c1ncn2C1OC(CO)C(O)C1O. The van der Waals surface area contributed by atoms with Crippen LogP contribution in [0.15, 0.2) is 11.4 Å². The van der Waals surface area contributed by atoms with Gasteiger partial charge < -0.3 is 25.8 Å². The number of hydrogen-bond acceptors (Lipinski definition) is 10. The van der Waals surface area contributed by atoms with Crippen LogP contribution in [0.4, 0.5) is 11.8 Å². The van der Waals surface area contributed by atoms with Crippen molar-refractivity contribution in [2.75, 3.05) is 17.8 Å². The molecule has 0 spiro atoms. The molecule has 1 saturated heterocycles. The second-order valence-corrected chi connectivity index (χ2v) is 7.27. The maximum absolute atomic E-state index is 10.3. The maximum atomic E-state index is 10.3. The molecule has 6 N–H and O–H groups in total. The summed E-state index contributed by atoms with van der Waals surface area (Å²) in [4.78, 5) is 12.7. The van der Waals surface area contributed by atoms with Crippen molar-refractivity contribution in [3.05, 3.63) is 6.33 Å². The van der Waals surface area contributed by atoms with Gasteiger partial charge in [0.25, 0.3) is 0 Å². The average molecular weight is 391 g/mol. The molecular formula is C17H25N7O4. The summed E-state index contributed by atoms with van der Waals surface area (Å²) < 4.78 is 7.01. The Morgan fingerprint density at radius 2 is 2.04 bits per heavy atom. The van der Waals surface area contributed by atoms with Crippen LogP contribution in [0, 0.1) is 5.92 Å². The Kier molecular flexibility index (Phi) is 5.40. The first-order valence-corrected chi connectivity index (χ1v) is 9.50. The molecule has 3 heterocycles. The molecular weight excluding hydrogens is 366 g/mol. The first-order chi connectivity index (χ1) is 13.6. The molecule has 11 nitrogen and oxygen atoms in total. The highest BCUT2D eigenvalue weighted by molar-refractivity contribution is 5.83. The number of aliphatic hydroxyl groups excluding tert-OH is 3. The van der Waals surface area contributed by atoms with Gasteiger partial charge in [0.15, 0.2) is 17.7 Å². The van der Waals surface area contributed by atoms with E-state index < -0.39 is 31.1 Å². The molecule has 0 aromatic carbocycles. The summed E-state index contributed by atoms with van der Waals surface area (Å²) in [5.74, 6) is 0.809. The quantitative estimate of drug-likeness (QED) is 0.348. The van der Waals surface area contributed by atoms with Crippen LogP contribution in [-0.4, -0.2) is 66.0 Å². The van der Waals surface area contributed by atoms with E-state index in [9.17, 15) is 15.3 Å². The van der Waals surface area contributed by atoms with Crippen LogP contribution in [0.5, 0.6) is 0 Å². The summed E-state index contributed by atoms with van der Waals surface area (Å²) in [6, 6.07) is 0. The predicted octanol–water partition coefficient (Wildman–Crippen LogP) is -0.00200. The van der Waals surface area contributed by atoms with E-state index in [-0.39, 0.29) is 11.8 Å². The van der Waals surface area contributed by atoms with E-state index in [0.717, 1.165) is 12.8 Å². The van der Waals surface area contributed by atoms with E-state index >= 15 is 0 Å². The molecule has 152 valence electrons. The molecule has 2 aliphatic rings. The lowest BCUT2D eigenvalue weighted by atomic mass is 9.90. The molecule has 11 heteroatoms. The van der Waals surface area contributed by atoms with Crippen molar-refractivity contribution in [2.24, 2.45) is 11.0 Å². The number of aromatic nitrogens is 4. The van der Waals surface area contributed by atoms with Gasteiger partial charge in [0, 0.05) is 6.21 Å². The monoisotopic (exact) mass is 391 g/mol. The summed E-state index contributed by atoms with van der Waals surface area (Å²) in [5.41, 5.74) is 9.47. The van der Waals surface area contributed by atoms with Crippen LogP contribution >= 0.6 is 0 Å². The van der Waals surface area contributed by atoms with Crippen LogP contribution in [-0.2, 0) is 4.74 Å². The summed E-state index contributed by atoms with van der Waals surface area (Å²) in [5, 5.41) is 33.8. The predicted molar refractivity (Wildman–Crippen MR) is 101 cm³/mol. The fourth-order valence-corrected chi connectivity index (χ4v) is 3.77. The normalized spacial score (nSPS) is 29.1. The molecule has 2 aromatic rings. The van der Waals surface area contributed by atoms with E-state index in [4.69, 9.17) is 10.5 Å². The number of nitrogens with two attached hydrogens (primary N) is 1. The van der Waals surface area contributed by atoms with E-state index in [1.165, 1.54) is 30.2 Å². The van der Waals surface area contributed by atoms with Gasteiger partial charge in [-0.15, -0.1) is 0 Å². The molecule has 0 bridgehead atoms. The minimum Gasteiger partial charge on any atom is -0.394 e. The Morgan fingerprint density at radius 3 is 2.75 bits per heavy atom. The fourth-order valence-electron chi connectivity index (χ4n) is 3.77. The number of nitrogen functional groups attached to an aromatic ring is 1. The third kappa shape index (κ3) is 3.53. The van der Waals surface area contributed by atoms with Crippen LogP contribution in [0.3, 0.4) is 0 Å². The summed E-state index contributed by atoms with van der Waals surface area (Å²) in [6.07, 6.45) is 4.95. The topological polar surface area (TPSA) is 164 Å². The maximum Gasteiger partial charge on any atom is 0.247 e. The number of nitrogens with zero attached hydrogens (tertiary/aromatic N) is 5. The Morgan fingerprint density at radius 1 is 1.25 bits per heavy atom. The smallest absolute Gasteiger partial charge is 0.247 e. The van der Waals surface area contributed by atoms with Gasteiger partial charge in [0.1, 0.15) is 23.8 Å². The van der Waals surface area contributed by atoms with E-state index in [1.54, 1.807) is 0 Å². The lowest BCUT2D eigenvalue weighted by Crippen LogP contribution is -2.33. The summed E-state index contributed by atoms with van der Waals surface area (Å²) in [7, 11) is 0. The molecule has 0 amide bonds. The van der Waals surface area contributed by atoms with Gasteiger partial charge in [-0.1, -0.05) is 19.3 Å². The van der Waals surface area contributed by atoms with Crippen molar-refractivity contribution in [2.45, 2.75) is 56.6 Å². The molecule has 1 saturated carbocycles. The number of rotatable bonds is 5. The number of nitrogens with one attached hydrogen (secondary N) is 1. The highest BCUT2D eigenvalue weighted by atomic mass is 16.6. The number of hydrogen-bond donors (Lipinski definition) is 5. The largest absolute Gasteiger partial charge is 0.394 e. The Labute approximate surface area is 161 Å². The third-order valence-electron chi connectivity index (χ3n) is 5.34. The van der Waals surface area contributed by atoms with Crippen LogP contribution in [0.25, 0.3) is 11.2 Å². The van der Waals surface area contributed by atoms with Crippen molar-refractivity contribution >= 4 is 29.1 Å². The lowest BCUT2D eigenvalue weighted by molar-refractivity contribution is -0.0511. The fraction of sp³-hybridized carbons (Fsp3) is 0.647. The third-order valence-corrected chi connectivity index (χ3v) is 5.34. The van der Waals surface area contributed by atoms with Gasteiger partial charge in [0.2, 0.25) is 5.95 Å².